The highest BCUT2D eigenvalue weighted by molar-refractivity contribution is 5.21. The molecule has 0 radical (unpaired) electrons. The molecular formula is C14H23NO. The normalized spacial score (nSPS) is 12.8. The SMILES string of the molecule is CCCNCC(Oc1ccccc1)C(C)C. The van der Waals surface area contributed by atoms with Crippen LogP contribution >= 0.6 is 0 Å². The molecule has 0 spiro atoms. The monoisotopic (exact) mass is 221 g/mol. The van der Waals surface area contributed by atoms with E-state index in [2.05, 4.69) is 26.1 Å². The first-order chi connectivity index (χ1) is 7.74. The van der Waals surface area contributed by atoms with Gasteiger partial charge >= 0.3 is 0 Å². The maximum atomic E-state index is 5.96. The van der Waals surface area contributed by atoms with E-state index in [0.29, 0.717) is 5.92 Å². The van der Waals surface area contributed by atoms with Gasteiger partial charge in [0.15, 0.2) is 0 Å². The van der Waals surface area contributed by atoms with Gasteiger partial charge in [-0.2, -0.15) is 0 Å². The molecule has 90 valence electrons. The Bertz CT molecular complexity index is 271. The third kappa shape index (κ3) is 4.67. The Labute approximate surface area is 99.0 Å². The van der Waals surface area contributed by atoms with E-state index in [1.807, 2.05) is 30.3 Å². The van der Waals surface area contributed by atoms with Gasteiger partial charge < -0.3 is 10.1 Å². The Kier molecular flexibility index (Phi) is 5.94. The molecule has 0 aliphatic rings. The second-order valence-corrected chi connectivity index (χ2v) is 4.42. The molecule has 0 aliphatic heterocycles. The average molecular weight is 221 g/mol. The highest BCUT2D eigenvalue weighted by Crippen LogP contribution is 2.14. The van der Waals surface area contributed by atoms with Crippen molar-refractivity contribution in [2.24, 2.45) is 5.92 Å². The van der Waals surface area contributed by atoms with Gasteiger partial charge in [0.25, 0.3) is 0 Å². The van der Waals surface area contributed by atoms with Crippen LogP contribution in [0.15, 0.2) is 30.3 Å². The summed E-state index contributed by atoms with van der Waals surface area (Å²) in [5, 5.41) is 3.41. The summed E-state index contributed by atoms with van der Waals surface area (Å²) in [6, 6.07) is 10.0. The molecule has 1 aromatic carbocycles. The van der Waals surface area contributed by atoms with Crippen molar-refractivity contribution < 1.29 is 4.74 Å². The molecule has 0 saturated carbocycles. The molecule has 1 rings (SSSR count). The van der Waals surface area contributed by atoms with Crippen molar-refractivity contribution in [3.05, 3.63) is 30.3 Å². The van der Waals surface area contributed by atoms with Gasteiger partial charge in [0.1, 0.15) is 11.9 Å². The van der Waals surface area contributed by atoms with Crippen LogP contribution in [-0.2, 0) is 0 Å². The maximum absolute atomic E-state index is 5.96. The number of benzene rings is 1. The third-order valence-electron chi connectivity index (χ3n) is 2.55. The molecule has 16 heavy (non-hydrogen) atoms. The van der Waals surface area contributed by atoms with Crippen LogP contribution in [0, 0.1) is 5.92 Å². The van der Waals surface area contributed by atoms with Gasteiger partial charge in [-0.05, 0) is 31.0 Å². The molecule has 2 heteroatoms. The van der Waals surface area contributed by atoms with E-state index in [0.717, 1.165) is 25.3 Å². The number of rotatable bonds is 7. The van der Waals surface area contributed by atoms with Crippen molar-refractivity contribution in [3.63, 3.8) is 0 Å². The molecule has 0 fully saturated rings. The summed E-state index contributed by atoms with van der Waals surface area (Å²) in [5.74, 6) is 1.48. The Morgan fingerprint density at radius 1 is 1.19 bits per heavy atom. The number of nitrogens with one attached hydrogen (secondary N) is 1. The second-order valence-electron chi connectivity index (χ2n) is 4.42. The van der Waals surface area contributed by atoms with E-state index in [9.17, 15) is 0 Å². The first kappa shape index (κ1) is 13.0. The number of para-hydroxylation sites is 1. The van der Waals surface area contributed by atoms with Crippen LogP contribution in [0.25, 0.3) is 0 Å². The Hall–Kier alpha value is -1.02. The van der Waals surface area contributed by atoms with E-state index >= 15 is 0 Å². The lowest BCUT2D eigenvalue weighted by molar-refractivity contribution is 0.149. The molecule has 0 amide bonds. The molecule has 1 aromatic rings. The summed E-state index contributed by atoms with van der Waals surface area (Å²) >= 11 is 0. The van der Waals surface area contributed by atoms with Gasteiger partial charge in [-0.3, -0.25) is 0 Å². The Morgan fingerprint density at radius 2 is 1.88 bits per heavy atom. The maximum Gasteiger partial charge on any atom is 0.119 e. The first-order valence-electron chi connectivity index (χ1n) is 6.16. The fraction of sp³-hybridized carbons (Fsp3) is 0.571. The zero-order chi connectivity index (χ0) is 11.8. The highest BCUT2D eigenvalue weighted by atomic mass is 16.5. The number of hydrogen-bond donors (Lipinski definition) is 1. The van der Waals surface area contributed by atoms with E-state index in [1.165, 1.54) is 0 Å². The van der Waals surface area contributed by atoms with Crippen LogP contribution < -0.4 is 10.1 Å². The number of hydrogen-bond acceptors (Lipinski definition) is 2. The third-order valence-corrected chi connectivity index (χ3v) is 2.55. The van der Waals surface area contributed by atoms with E-state index < -0.39 is 0 Å². The lowest BCUT2D eigenvalue weighted by atomic mass is 10.1. The van der Waals surface area contributed by atoms with E-state index in [1.54, 1.807) is 0 Å². The predicted molar refractivity (Wildman–Crippen MR) is 68.9 cm³/mol. The van der Waals surface area contributed by atoms with Crippen molar-refractivity contribution in [1.29, 1.82) is 0 Å². The molecule has 0 bridgehead atoms. The summed E-state index contributed by atoms with van der Waals surface area (Å²) in [4.78, 5) is 0. The van der Waals surface area contributed by atoms with Gasteiger partial charge in [0.05, 0.1) is 0 Å². The van der Waals surface area contributed by atoms with E-state index in [-0.39, 0.29) is 6.10 Å². The molecule has 0 aliphatic carbocycles. The number of ether oxygens (including phenoxy) is 1. The molecule has 0 saturated heterocycles. The lowest BCUT2D eigenvalue weighted by Crippen LogP contribution is -2.35. The minimum absolute atomic E-state index is 0.244. The molecule has 0 heterocycles. The smallest absolute Gasteiger partial charge is 0.119 e. The van der Waals surface area contributed by atoms with Gasteiger partial charge in [-0.1, -0.05) is 39.0 Å². The molecular weight excluding hydrogens is 198 g/mol. The Morgan fingerprint density at radius 3 is 2.44 bits per heavy atom. The van der Waals surface area contributed by atoms with Crippen molar-refractivity contribution in [2.45, 2.75) is 33.3 Å². The topological polar surface area (TPSA) is 21.3 Å². The average Bonchev–Trinajstić information content (AvgIpc) is 2.29. The summed E-state index contributed by atoms with van der Waals surface area (Å²) in [5.41, 5.74) is 0. The standard InChI is InChI=1S/C14H23NO/c1-4-10-15-11-14(12(2)3)16-13-8-6-5-7-9-13/h5-9,12,14-15H,4,10-11H2,1-3H3. The van der Waals surface area contributed by atoms with Crippen LogP contribution in [-0.4, -0.2) is 19.2 Å². The van der Waals surface area contributed by atoms with Crippen LogP contribution in [0.5, 0.6) is 5.75 Å². The van der Waals surface area contributed by atoms with Gasteiger partial charge in [-0.25, -0.2) is 0 Å². The molecule has 1 atom stereocenters. The van der Waals surface area contributed by atoms with Crippen molar-refractivity contribution in [1.82, 2.24) is 5.32 Å². The molecule has 2 nitrogen and oxygen atoms in total. The summed E-state index contributed by atoms with van der Waals surface area (Å²) in [6.07, 6.45) is 1.41. The highest BCUT2D eigenvalue weighted by Gasteiger charge is 2.14. The van der Waals surface area contributed by atoms with Crippen LogP contribution in [0.2, 0.25) is 0 Å². The fourth-order valence-corrected chi connectivity index (χ4v) is 1.51. The van der Waals surface area contributed by atoms with Gasteiger partial charge in [-0.15, -0.1) is 0 Å². The quantitative estimate of drug-likeness (QED) is 0.714. The van der Waals surface area contributed by atoms with Crippen LogP contribution in [0.3, 0.4) is 0 Å². The van der Waals surface area contributed by atoms with Gasteiger partial charge in [0.2, 0.25) is 0 Å². The fourth-order valence-electron chi connectivity index (χ4n) is 1.51. The molecule has 1 unspecified atom stereocenters. The van der Waals surface area contributed by atoms with Crippen LogP contribution in [0.4, 0.5) is 0 Å². The van der Waals surface area contributed by atoms with E-state index in [4.69, 9.17) is 4.74 Å². The van der Waals surface area contributed by atoms with Gasteiger partial charge in [0, 0.05) is 6.54 Å². The molecule has 0 aromatic heterocycles. The summed E-state index contributed by atoms with van der Waals surface area (Å²) in [6.45, 7) is 8.54. The minimum atomic E-state index is 0.244. The predicted octanol–water partition coefficient (Wildman–Crippen LogP) is 3.09. The van der Waals surface area contributed by atoms with Crippen molar-refractivity contribution >= 4 is 0 Å². The van der Waals surface area contributed by atoms with Crippen molar-refractivity contribution in [3.8, 4) is 5.75 Å². The molecule has 1 N–H and O–H groups in total. The zero-order valence-corrected chi connectivity index (χ0v) is 10.6. The zero-order valence-electron chi connectivity index (χ0n) is 10.6. The lowest BCUT2D eigenvalue weighted by Gasteiger charge is -2.23. The minimum Gasteiger partial charge on any atom is -0.489 e. The second kappa shape index (κ2) is 7.29. The largest absolute Gasteiger partial charge is 0.489 e. The Balaban J connectivity index is 2.45. The van der Waals surface area contributed by atoms with Crippen LogP contribution in [0.1, 0.15) is 27.2 Å². The first-order valence-corrected chi connectivity index (χ1v) is 6.16. The summed E-state index contributed by atoms with van der Waals surface area (Å²) in [7, 11) is 0. The summed E-state index contributed by atoms with van der Waals surface area (Å²) < 4.78 is 5.96. The van der Waals surface area contributed by atoms with Crippen molar-refractivity contribution in [2.75, 3.05) is 13.1 Å².